The molecule has 1 aliphatic carbocycles. The molecule has 154 valence electrons. The highest BCUT2D eigenvalue weighted by Gasteiger charge is 2.42. The zero-order valence-electron chi connectivity index (χ0n) is 16.8. The molecule has 3 N–H and O–H groups in total. The Kier molecular flexibility index (Phi) is 5.21. The Hall–Kier alpha value is -2.97. The van der Waals surface area contributed by atoms with Crippen molar-refractivity contribution in [2.45, 2.75) is 26.2 Å². The second-order valence-corrected chi connectivity index (χ2v) is 8.39. The van der Waals surface area contributed by atoms with E-state index in [4.69, 9.17) is 5.41 Å². The van der Waals surface area contributed by atoms with Crippen LogP contribution in [0.25, 0.3) is 11.0 Å². The summed E-state index contributed by atoms with van der Waals surface area (Å²) in [5.74, 6) is 2.06. The molecule has 3 heterocycles. The molecule has 0 radical (unpaired) electrons. The molecule has 2 aromatic heterocycles. The summed E-state index contributed by atoms with van der Waals surface area (Å²) in [5, 5.41) is 10.8. The van der Waals surface area contributed by atoms with Crippen molar-refractivity contribution in [2.75, 3.05) is 31.6 Å². The van der Waals surface area contributed by atoms with Gasteiger partial charge in [0.2, 0.25) is 5.91 Å². The summed E-state index contributed by atoms with van der Waals surface area (Å²) in [5.41, 5.74) is 1.10. The maximum atomic E-state index is 12.3. The molecule has 2 unspecified atom stereocenters. The monoisotopic (exact) mass is 397 g/mol. The molecule has 3 amide bonds. The fraction of sp³-hybridized carbons (Fsp3) is 0.550. The Morgan fingerprint density at radius 1 is 1.31 bits per heavy atom. The van der Waals surface area contributed by atoms with Gasteiger partial charge in [0, 0.05) is 38.6 Å². The molecule has 2 atom stereocenters. The maximum absolute atomic E-state index is 12.3. The quantitative estimate of drug-likeness (QED) is 0.667. The minimum atomic E-state index is -0.403. The van der Waals surface area contributed by atoms with Gasteiger partial charge in [0.15, 0.2) is 0 Å². The molecule has 2 aromatic rings. The third-order valence-electron chi connectivity index (χ3n) is 6.03. The number of likely N-dealkylation sites (tertiary alicyclic amines) is 1. The minimum Gasteiger partial charge on any atom is -0.359 e. The van der Waals surface area contributed by atoms with E-state index in [0.717, 1.165) is 36.2 Å². The Morgan fingerprint density at radius 2 is 2.03 bits per heavy atom. The average molecular weight is 397 g/mol. The van der Waals surface area contributed by atoms with E-state index >= 15 is 0 Å². The molecular weight excluding hydrogens is 370 g/mol. The standard InChI is InChI=1S/C20H27N7O2/c1-12(21)5-17(28)25-20(29)27-9-14-6-13(7-15(14)10-27)8-26(2)19-16-3-4-22-18(16)23-11-24-19/h3-4,11,13-15,21H,5-10H2,1-2H3,(H,22,23,24)(H,25,28,29). The van der Waals surface area contributed by atoms with E-state index in [0.29, 0.717) is 30.8 Å². The predicted molar refractivity (Wildman–Crippen MR) is 110 cm³/mol. The van der Waals surface area contributed by atoms with Crippen molar-refractivity contribution in [3.05, 3.63) is 18.6 Å². The number of anilines is 1. The second-order valence-electron chi connectivity index (χ2n) is 8.39. The van der Waals surface area contributed by atoms with Crippen LogP contribution >= 0.6 is 0 Å². The van der Waals surface area contributed by atoms with E-state index in [-0.39, 0.29) is 18.2 Å². The van der Waals surface area contributed by atoms with Gasteiger partial charge in [-0.25, -0.2) is 14.8 Å². The number of hydrogen-bond acceptors (Lipinski definition) is 6. The fourth-order valence-corrected chi connectivity index (χ4v) is 4.86. The molecule has 9 heteroatoms. The van der Waals surface area contributed by atoms with Gasteiger partial charge in [-0.2, -0.15) is 0 Å². The first-order chi connectivity index (χ1) is 13.9. The van der Waals surface area contributed by atoms with Crippen LogP contribution in [0.2, 0.25) is 0 Å². The van der Waals surface area contributed by atoms with Crippen molar-refractivity contribution in [1.82, 2.24) is 25.2 Å². The second kappa shape index (κ2) is 7.81. The Balaban J connectivity index is 1.30. The van der Waals surface area contributed by atoms with Gasteiger partial charge in [-0.05, 0) is 43.6 Å². The van der Waals surface area contributed by atoms with Gasteiger partial charge in [0.05, 0.1) is 11.8 Å². The molecule has 0 aromatic carbocycles. The number of urea groups is 1. The summed E-state index contributed by atoms with van der Waals surface area (Å²) in [6, 6.07) is 1.68. The molecule has 1 saturated carbocycles. The zero-order valence-corrected chi connectivity index (χ0v) is 16.8. The SMILES string of the molecule is CC(=N)CC(=O)NC(=O)N1CC2CC(CN(C)c3ncnc4[nH]ccc34)CC2C1. The number of aromatic nitrogens is 3. The van der Waals surface area contributed by atoms with Crippen LogP contribution in [0.3, 0.4) is 0 Å². The molecule has 2 aliphatic rings. The van der Waals surface area contributed by atoms with Gasteiger partial charge in [-0.3, -0.25) is 10.1 Å². The number of aromatic amines is 1. The van der Waals surface area contributed by atoms with Crippen molar-refractivity contribution < 1.29 is 9.59 Å². The van der Waals surface area contributed by atoms with Crippen LogP contribution in [0, 0.1) is 23.2 Å². The lowest BCUT2D eigenvalue weighted by molar-refractivity contribution is -0.119. The van der Waals surface area contributed by atoms with Crippen molar-refractivity contribution in [2.24, 2.45) is 17.8 Å². The van der Waals surface area contributed by atoms with Crippen molar-refractivity contribution in [3.63, 3.8) is 0 Å². The van der Waals surface area contributed by atoms with E-state index < -0.39 is 5.91 Å². The molecule has 1 saturated heterocycles. The van der Waals surface area contributed by atoms with Crippen molar-refractivity contribution in [1.29, 1.82) is 5.41 Å². The summed E-state index contributed by atoms with van der Waals surface area (Å²) in [6.45, 7) is 3.88. The topological polar surface area (TPSA) is 118 Å². The highest BCUT2D eigenvalue weighted by atomic mass is 16.2. The van der Waals surface area contributed by atoms with Crippen LogP contribution in [0.4, 0.5) is 10.6 Å². The van der Waals surface area contributed by atoms with Crippen LogP contribution in [0.5, 0.6) is 0 Å². The number of H-pyrrole nitrogens is 1. The maximum Gasteiger partial charge on any atom is 0.324 e. The normalized spacial score (nSPS) is 23.2. The van der Waals surface area contributed by atoms with Gasteiger partial charge in [0.1, 0.15) is 17.8 Å². The summed E-state index contributed by atoms with van der Waals surface area (Å²) in [4.78, 5) is 39.8. The number of imide groups is 1. The highest BCUT2D eigenvalue weighted by molar-refractivity contribution is 6.04. The first kappa shape index (κ1) is 19.4. The van der Waals surface area contributed by atoms with Crippen LogP contribution < -0.4 is 10.2 Å². The van der Waals surface area contributed by atoms with Crippen LogP contribution in [0.1, 0.15) is 26.2 Å². The lowest BCUT2D eigenvalue weighted by Crippen LogP contribution is -2.42. The van der Waals surface area contributed by atoms with Gasteiger partial charge in [0.25, 0.3) is 0 Å². The summed E-state index contributed by atoms with van der Waals surface area (Å²) in [6.07, 6.45) is 5.59. The largest absolute Gasteiger partial charge is 0.359 e. The Labute approximate surface area is 169 Å². The fourth-order valence-electron chi connectivity index (χ4n) is 4.86. The third kappa shape index (κ3) is 4.08. The van der Waals surface area contributed by atoms with Crippen LogP contribution in [0.15, 0.2) is 18.6 Å². The number of carbonyl (C=O) groups is 2. The van der Waals surface area contributed by atoms with Gasteiger partial charge in [-0.1, -0.05) is 0 Å². The first-order valence-electron chi connectivity index (χ1n) is 10.0. The average Bonchev–Trinajstić information content (AvgIpc) is 3.34. The van der Waals surface area contributed by atoms with E-state index in [1.165, 1.54) is 0 Å². The van der Waals surface area contributed by atoms with E-state index in [2.05, 4.69) is 32.2 Å². The van der Waals surface area contributed by atoms with Crippen LogP contribution in [-0.2, 0) is 4.79 Å². The lowest BCUT2D eigenvalue weighted by Gasteiger charge is -2.24. The van der Waals surface area contributed by atoms with Gasteiger partial charge < -0.3 is 20.2 Å². The molecule has 0 spiro atoms. The summed E-state index contributed by atoms with van der Waals surface area (Å²) < 4.78 is 0. The summed E-state index contributed by atoms with van der Waals surface area (Å²) in [7, 11) is 2.07. The number of fused-ring (bicyclic) bond motifs is 2. The van der Waals surface area contributed by atoms with E-state index in [1.807, 2.05) is 12.3 Å². The molecule has 9 nitrogen and oxygen atoms in total. The molecule has 1 aliphatic heterocycles. The molecule has 29 heavy (non-hydrogen) atoms. The smallest absolute Gasteiger partial charge is 0.324 e. The summed E-state index contributed by atoms with van der Waals surface area (Å²) >= 11 is 0. The van der Waals surface area contributed by atoms with Crippen LogP contribution in [-0.4, -0.2) is 64.2 Å². The number of rotatable bonds is 5. The molecular formula is C20H27N7O2. The molecule has 0 bridgehead atoms. The zero-order chi connectivity index (χ0) is 20.5. The first-order valence-corrected chi connectivity index (χ1v) is 10.0. The molecule has 4 rings (SSSR count). The molecule has 2 fully saturated rings. The van der Waals surface area contributed by atoms with Crippen molar-refractivity contribution in [3.8, 4) is 0 Å². The lowest BCUT2D eigenvalue weighted by atomic mass is 10.0. The predicted octanol–water partition coefficient (Wildman–Crippen LogP) is 2.02. The van der Waals surface area contributed by atoms with E-state index in [9.17, 15) is 9.59 Å². The number of carbonyl (C=O) groups excluding carboxylic acids is 2. The van der Waals surface area contributed by atoms with Gasteiger partial charge in [-0.15, -0.1) is 0 Å². The number of nitrogens with zero attached hydrogens (tertiary/aromatic N) is 4. The number of nitrogens with one attached hydrogen (secondary N) is 3. The Morgan fingerprint density at radius 3 is 2.72 bits per heavy atom. The third-order valence-corrected chi connectivity index (χ3v) is 6.03. The highest BCUT2D eigenvalue weighted by Crippen LogP contribution is 2.42. The van der Waals surface area contributed by atoms with Gasteiger partial charge >= 0.3 is 6.03 Å². The number of amides is 3. The Bertz CT molecular complexity index is 926. The number of hydrogen-bond donors (Lipinski definition) is 3. The van der Waals surface area contributed by atoms with Crippen molar-refractivity contribution >= 4 is 34.5 Å². The van der Waals surface area contributed by atoms with E-state index in [1.54, 1.807) is 18.2 Å². The minimum absolute atomic E-state index is 0.0295.